The predicted octanol–water partition coefficient (Wildman–Crippen LogP) is -0.954. The SMILES string of the molecule is O=S(=O)([N-]Cl)c1ccc(F)cc1.[Na+]. The van der Waals surface area contributed by atoms with Crippen molar-refractivity contribution in [1.29, 1.82) is 0 Å². The molecule has 0 amide bonds. The summed E-state index contributed by atoms with van der Waals surface area (Å²) >= 11 is 4.81. The van der Waals surface area contributed by atoms with Crippen LogP contribution in [0.25, 0.3) is 4.24 Å². The standard InChI is InChI=1S/C6H4ClFNO2S.Na/c7-9-12(10,11)6-3-1-5(8)2-4-6;/h1-4H;/q-1;+1. The van der Waals surface area contributed by atoms with Crippen LogP contribution in [0.5, 0.6) is 0 Å². The molecule has 0 spiro atoms. The van der Waals surface area contributed by atoms with Gasteiger partial charge in [0.2, 0.25) is 0 Å². The fourth-order valence-corrected chi connectivity index (χ4v) is 1.45. The Bertz CT molecular complexity index is 367. The number of nitrogens with zero attached hydrogens (tertiary/aromatic N) is 1. The van der Waals surface area contributed by atoms with Gasteiger partial charge in [-0.15, -0.1) is 0 Å². The molecule has 3 nitrogen and oxygen atoms in total. The van der Waals surface area contributed by atoms with Gasteiger partial charge in [0, 0.05) is 4.90 Å². The van der Waals surface area contributed by atoms with Gasteiger partial charge in [0.1, 0.15) is 15.8 Å². The molecule has 0 radical (unpaired) electrons. The maximum atomic E-state index is 12.3. The van der Waals surface area contributed by atoms with Crippen LogP contribution >= 0.6 is 11.8 Å². The first-order valence-electron chi connectivity index (χ1n) is 2.90. The van der Waals surface area contributed by atoms with Crippen molar-refractivity contribution in [2.75, 3.05) is 0 Å². The van der Waals surface area contributed by atoms with E-state index in [0.29, 0.717) is 0 Å². The molecule has 0 aliphatic rings. The van der Waals surface area contributed by atoms with Gasteiger partial charge >= 0.3 is 29.6 Å². The summed E-state index contributed by atoms with van der Waals surface area (Å²) in [4.78, 5) is -0.126. The van der Waals surface area contributed by atoms with Gasteiger partial charge in [-0.25, -0.2) is 12.8 Å². The van der Waals surface area contributed by atoms with E-state index in [0.717, 1.165) is 24.3 Å². The topological polar surface area (TPSA) is 48.2 Å². The van der Waals surface area contributed by atoms with E-state index in [1.807, 2.05) is 0 Å². The molecule has 0 aromatic heterocycles. The van der Waals surface area contributed by atoms with E-state index in [1.54, 1.807) is 0 Å². The predicted molar refractivity (Wildman–Crippen MR) is 42.8 cm³/mol. The van der Waals surface area contributed by atoms with Crippen LogP contribution in [0.15, 0.2) is 29.2 Å². The smallest absolute Gasteiger partial charge is 0.458 e. The molecular formula is C6H4ClFNNaO2S. The van der Waals surface area contributed by atoms with E-state index in [4.69, 9.17) is 11.8 Å². The summed E-state index contributed by atoms with van der Waals surface area (Å²) in [6, 6.07) is 4.23. The van der Waals surface area contributed by atoms with Crippen LogP contribution in [0.4, 0.5) is 4.39 Å². The molecule has 0 heterocycles. The van der Waals surface area contributed by atoms with Crippen molar-refractivity contribution in [3.63, 3.8) is 0 Å². The van der Waals surface area contributed by atoms with Crippen LogP contribution in [0.2, 0.25) is 0 Å². The van der Waals surface area contributed by atoms with Gasteiger partial charge in [0.15, 0.2) is 0 Å². The maximum absolute atomic E-state index is 12.3. The maximum Gasteiger partial charge on any atom is 1.00 e. The van der Waals surface area contributed by atoms with Crippen LogP contribution in [0.1, 0.15) is 0 Å². The molecular weight excluding hydrogens is 228 g/mol. The van der Waals surface area contributed by atoms with Gasteiger partial charge in [-0.1, -0.05) is 0 Å². The molecule has 0 bridgehead atoms. The van der Waals surface area contributed by atoms with Gasteiger partial charge in [0.05, 0.1) is 0 Å². The minimum absolute atomic E-state index is 0. The Hall–Kier alpha value is 0.350. The Labute approximate surface area is 103 Å². The summed E-state index contributed by atoms with van der Waals surface area (Å²) in [6.45, 7) is 0. The van der Waals surface area contributed by atoms with Crippen LogP contribution in [0, 0.1) is 5.82 Å². The van der Waals surface area contributed by atoms with Crippen LogP contribution in [0.3, 0.4) is 0 Å². The average Bonchev–Trinajstić information content (AvgIpc) is 2.05. The molecule has 7 heteroatoms. The average molecular weight is 232 g/mol. The molecule has 1 aromatic rings. The minimum Gasteiger partial charge on any atom is -0.458 e. The van der Waals surface area contributed by atoms with Gasteiger partial charge in [-0.05, 0) is 24.3 Å². The Morgan fingerprint density at radius 1 is 1.23 bits per heavy atom. The summed E-state index contributed by atoms with van der Waals surface area (Å²) in [7, 11) is -3.79. The molecule has 0 unspecified atom stereocenters. The van der Waals surface area contributed by atoms with Crippen molar-refractivity contribution in [2.45, 2.75) is 4.90 Å². The fraction of sp³-hybridized carbons (Fsp3) is 0. The number of hydrogen-bond acceptors (Lipinski definition) is 2. The van der Waals surface area contributed by atoms with E-state index in [2.05, 4.69) is 4.24 Å². The van der Waals surface area contributed by atoms with Crippen molar-refractivity contribution in [1.82, 2.24) is 0 Å². The number of rotatable bonds is 2. The molecule has 0 fully saturated rings. The Morgan fingerprint density at radius 3 is 2.08 bits per heavy atom. The molecule has 0 aliphatic carbocycles. The first kappa shape index (κ1) is 13.4. The van der Waals surface area contributed by atoms with Crippen molar-refractivity contribution in [3.8, 4) is 0 Å². The second kappa shape index (κ2) is 5.29. The van der Waals surface area contributed by atoms with Crippen molar-refractivity contribution in [2.24, 2.45) is 0 Å². The molecule has 0 saturated heterocycles. The number of halogens is 2. The molecule has 0 aliphatic heterocycles. The largest absolute Gasteiger partial charge is 1.00 e. The third-order valence-corrected chi connectivity index (χ3v) is 2.80. The third kappa shape index (κ3) is 3.53. The van der Waals surface area contributed by atoms with E-state index in [-0.39, 0.29) is 34.5 Å². The molecule has 66 valence electrons. The first-order valence-corrected chi connectivity index (χ1v) is 4.68. The summed E-state index contributed by atoms with van der Waals surface area (Å²) in [6.07, 6.45) is 0. The van der Waals surface area contributed by atoms with Crippen molar-refractivity contribution < 1.29 is 42.4 Å². The third-order valence-electron chi connectivity index (χ3n) is 1.20. The molecule has 13 heavy (non-hydrogen) atoms. The van der Waals surface area contributed by atoms with E-state index in [1.165, 1.54) is 0 Å². The molecule has 1 aromatic carbocycles. The van der Waals surface area contributed by atoms with Crippen LogP contribution in [-0.4, -0.2) is 8.42 Å². The van der Waals surface area contributed by atoms with E-state index < -0.39 is 15.8 Å². The Balaban J connectivity index is 0.00000144. The second-order valence-corrected chi connectivity index (χ2v) is 3.97. The Kier molecular flexibility index (Phi) is 5.43. The van der Waals surface area contributed by atoms with Gasteiger partial charge < -0.3 is 4.24 Å². The Morgan fingerprint density at radius 2 is 1.69 bits per heavy atom. The monoisotopic (exact) mass is 231 g/mol. The van der Waals surface area contributed by atoms with Crippen LogP contribution in [-0.2, 0) is 10.0 Å². The van der Waals surface area contributed by atoms with Gasteiger partial charge in [-0.2, -0.15) is 0 Å². The van der Waals surface area contributed by atoms with Gasteiger partial charge in [0.25, 0.3) is 0 Å². The zero-order valence-corrected chi connectivity index (χ0v) is 10.3. The number of benzene rings is 1. The first-order chi connectivity index (χ1) is 5.56. The number of sulfonamides is 1. The summed E-state index contributed by atoms with van der Waals surface area (Å²) in [5, 5.41) is 0. The molecule has 0 atom stereocenters. The zero-order chi connectivity index (χ0) is 9.19. The van der Waals surface area contributed by atoms with E-state index in [9.17, 15) is 12.8 Å². The molecule has 1 rings (SSSR count). The minimum atomic E-state index is -3.79. The van der Waals surface area contributed by atoms with E-state index >= 15 is 0 Å². The summed E-state index contributed by atoms with van der Waals surface area (Å²) in [5.41, 5.74) is 0. The summed E-state index contributed by atoms with van der Waals surface area (Å²) in [5.74, 6) is -0.511. The van der Waals surface area contributed by atoms with Crippen molar-refractivity contribution in [3.05, 3.63) is 34.3 Å². The summed E-state index contributed by atoms with van der Waals surface area (Å²) < 4.78 is 36.7. The van der Waals surface area contributed by atoms with Crippen molar-refractivity contribution >= 4 is 21.8 Å². The second-order valence-electron chi connectivity index (χ2n) is 2.00. The van der Waals surface area contributed by atoms with Gasteiger partial charge in [-0.3, -0.25) is 11.8 Å². The van der Waals surface area contributed by atoms with Crippen LogP contribution < -0.4 is 29.6 Å². The normalized spacial score (nSPS) is 10.6. The molecule has 0 N–H and O–H groups in total. The fourth-order valence-electron chi connectivity index (χ4n) is 0.646. The molecule has 0 saturated carbocycles. The zero-order valence-electron chi connectivity index (χ0n) is 6.74. The quantitative estimate of drug-likeness (QED) is 0.616. The number of hydrogen-bond donors (Lipinski definition) is 0.